The first-order valence-corrected chi connectivity index (χ1v) is 10.5. The molecule has 1 aliphatic rings. The van der Waals surface area contributed by atoms with Gasteiger partial charge in [0.1, 0.15) is 23.0 Å². The number of pyridine rings is 2. The van der Waals surface area contributed by atoms with Crippen molar-refractivity contribution < 1.29 is 32.6 Å². The van der Waals surface area contributed by atoms with Gasteiger partial charge >= 0.3 is 18.2 Å². The SMILES string of the molecule is CC.CC(C)(C)OC(=O)N1CCCC1C(=O)O.Cc1ccc2c(=O)cc(C(F)(F)F)[nH]c2n1. The molecule has 184 valence electrons. The number of nitrogens with one attached hydrogen (secondary N) is 1. The van der Waals surface area contributed by atoms with Crippen molar-refractivity contribution in [3.8, 4) is 0 Å². The van der Waals surface area contributed by atoms with Gasteiger partial charge in [0.05, 0.1) is 5.39 Å². The number of alkyl halides is 3. The van der Waals surface area contributed by atoms with Gasteiger partial charge in [-0.1, -0.05) is 13.8 Å². The van der Waals surface area contributed by atoms with Crippen molar-refractivity contribution in [2.24, 2.45) is 0 Å². The highest BCUT2D eigenvalue weighted by Crippen LogP contribution is 2.27. The number of hydrogen-bond donors (Lipinski definition) is 2. The molecule has 1 aliphatic heterocycles. The molecule has 3 heterocycles. The Morgan fingerprint density at radius 1 is 1.21 bits per heavy atom. The fourth-order valence-electron chi connectivity index (χ4n) is 2.94. The van der Waals surface area contributed by atoms with E-state index in [-0.39, 0.29) is 11.0 Å². The van der Waals surface area contributed by atoms with Crippen LogP contribution in [0.4, 0.5) is 18.0 Å². The minimum atomic E-state index is -4.57. The number of ether oxygens (including phenoxy) is 1. The number of hydrogen-bond acceptors (Lipinski definition) is 5. The number of nitrogens with zero attached hydrogens (tertiary/aromatic N) is 2. The lowest BCUT2D eigenvalue weighted by molar-refractivity contribution is -0.142. The Labute approximate surface area is 189 Å². The maximum atomic E-state index is 12.4. The third kappa shape index (κ3) is 8.07. The molecule has 0 spiro atoms. The number of amides is 1. The van der Waals surface area contributed by atoms with Crippen molar-refractivity contribution in [1.29, 1.82) is 0 Å². The highest BCUT2D eigenvalue weighted by atomic mass is 19.4. The predicted octanol–water partition coefficient (Wildman–Crippen LogP) is 4.75. The van der Waals surface area contributed by atoms with E-state index in [0.29, 0.717) is 24.7 Å². The van der Waals surface area contributed by atoms with Crippen LogP contribution >= 0.6 is 0 Å². The van der Waals surface area contributed by atoms with Crippen LogP contribution in [0.1, 0.15) is 58.8 Å². The van der Waals surface area contributed by atoms with Crippen LogP contribution in [-0.4, -0.2) is 50.2 Å². The lowest BCUT2D eigenvalue weighted by atomic mass is 10.2. The molecular weight excluding hydrogens is 443 g/mol. The van der Waals surface area contributed by atoms with Crippen LogP contribution in [0.15, 0.2) is 23.0 Å². The fourth-order valence-corrected chi connectivity index (χ4v) is 2.94. The number of carbonyl (C=O) groups excluding carboxylic acids is 1. The maximum absolute atomic E-state index is 12.4. The predicted molar refractivity (Wildman–Crippen MR) is 117 cm³/mol. The summed E-state index contributed by atoms with van der Waals surface area (Å²) < 4.78 is 42.3. The largest absolute Gasteiger partial charge is 0.480 e. The van der Waals surface area contributed by atoms with Gasteiger partial charge in [0.25, 0.3) is 0 Å². The number of carboxylic acids is 1. The average molecular weight is 473 g/mol. The molecule has 33 heavy (non-hydrogen) atoms. The summed E-state index contributed by atoms with van der Waals surface area (Å²) in [4.78, 5) is 41.1. The van der Waals surface area contributed by atoms with Crippen molar-refractivity contribution in [3.63, 3.8) is 0 Å². The van der Waals surface area contributed by atoms with Gasteiger partial charge < -0.3 is 14.8 Å². The van der Waals surface area contributed by atoms with E-state index < -0.39 is 41.0 Å². The molecule has 0 aromatic carbocycles. The highest BCUT2D eigenvalue weighted by Gasteiger charge is 2.36. The third-order valence-corrected chi connectivity index (χ3v) is 4.30. The Kier molecular flexibility index (Phi) is 9.44. The topological polar surface area (TPSA) is 113 Å². The molecule has 2 N–H and O–H groups in total. The zero-order valence-electron chi connectivity index (χ0n) is 19.5. The molecule has 0 aliphatic carbocycles. The van der Waals surface area contributed by atoms with Gasteiger partial charge in [0, 0.05) is 18.3 Å². The highest BCUT2D eigenvalue weighted by molar-refractivity contribution is 5.80. The van der Waals surface area contributed by atoms with Crippen molar-refractivity contribution in [2.45, 2.75) is 72.2 Å². The third-order valence-electron chi connectivity index (χ3n) is 4.30. The molecule has 11 heteroatoms. The van der Waals surface area contributed by atoms with Crippen molar-refractivity contribution >= 4 is 23.1 Å². The van der Waals surface area contributed by atoms with Crippen molar-refractivity contribution in [3.05, 3.63) is 39.8 Å². The Balaban J connectivity index is 0.000000308. The van der Waals surface area contributed by atoms with Gasteiger partial charge in [-0.05, 0) is 52.7 Å². The van der Waals surface area contributed by atoms with Gasteiger partial charge in [-0.3, -0.25) is 9.69 Å². The summed E-state index contributed by atoms with van der Waals surface area (Å²) in [5.74, 6) is -0.960. The molecule has 0 radical (unpaired) electrons. The number of aryl methyl sites for hydroxylation is 1. The molecule has 1 atom stereocenters. The number of fused-ring (bicyclic) bond motifs is 1. The van der Waals surface area contributed by atoms with Gasteiger partial charge in [-0.15, -0.1) is 0 Å². The quantitative estimate of drug-likeness (QED) is 0.618. The van der Waals surface area contributed by atoms with Gasteiger partial charge in [-0.25, -0.2) is 14.6 Å². The normalized spacial score (nSPS) is 15.8. The first-order valence-electron chi connectivity index (χ1n) is 10.5. The Morgan fingerprint density at radius 3 is 2.33 bits per heavy atom. The van der Waals surface area contributed by atoms with Crippen molar-refractivity contribution in [2.75, 3.05) is 6.54 Å². The lowest BCUT2D eigenvalue weighted by Crippen LogP contribution is -2.43. The smallest absolute Gasteiger partial charge is 0.431 e. The zero-order chi connectivity index (χ0) is 25.6. The van der Waals surface area contributed by atoms with E-state index in [2.05, 4.69) is 9.97 Å². The number of aromatic amines is 1. The molecular formula is C22H30F3N3O5. The van der Waals surface area contributed by atoms with E-state index in [4.69, 9.17) is 9.84 Å². The van der Waals surface area contributed by atoms with Crippen LogP contribution < -0.4 is 5.43 Å². The average Bonchev–Trinajstić information content (AvgIpc) is 3.18. The maximum Gasteiger partial charge on any atom is 0.431 e. The molecule has 1 fully saturated rings. The first kappa shape index (κ1) is 27.9. The van der Waals surface area contributed by atoms with E-state index in [0.717, 1.165) is 6.42 Å². The van der Waals surface area contributed by atoms with Crippen LogP contribution in [0.2, 0.25) is 0 Å². The van der Waals surface area contributed by atoms with Gasteiger partial charge in [-0.2, -0.15) is 13.2 Å². The van der Waals surface area contributed by atoms with Crippen LogP contribution in [-0.2, 0) is 15.7 Å². The monoisotopic (exact) mass is 473 g/mol. The molecule has 8 nitrogen and oxygen atoms in total. The molecule has 1 unspecified atom stereocenters. The van der Waals surface area contributed by atoms with Gasteiger partial charge in [0.15, 0.2) is 5.43 Å². The second-order valence-corrected chi connectivity index (χ2v) is 8.06. The van der Waals surface area contributed by atoms with Crippen LogP contribution in [0.3, 0.4) is 0 Å². The number of aliphatic carboxylic acids is 1. The summed E-state index contributed by atoms with van der Waals surface area (Å²) in [5, 5.41) is 9.03. The molecule has 2 aromatic rings. The number of aromatic nitrogens is 2. The molecule has 2 aromatic heterocycles. The number of carbonyl (C=O) groups is 2. The van der Waals surface area contributed by atoms with Crippen LogP contribution in [0, 0.1) is 6.92 Å². The van der Waals surface area contributed by atoms with Gasteiger partial charge in [0.2, 0.25) is 0 Å². The van der Waals surface area contributed by atoms with E-state index in [1.54, 1.807) is 33.8 Å². The zero-order valence-corrected chi connectivity index (χ0v) is 19.5. The van der Waals surface area contributed by atoms with Crippen LogP contribution in [0.5, 0.6) is 0 Å². The van der Waals surface area contributed by atoms with E-state index in [1.165, 1.54) is 11.0 Å². The van der Waals surface area contributed by atoms with E-state index in [1.807, 2.05) is 13.8 Å². The second-order valence-electron chi connectivity index (χ2n) is 8.06. The van der Waals surface area contributed by atoms with E-state index >= 15 is 0 Å². The standard InChI is InChI=1S/C10H7F3N2O.C10H17NO4.C2H6/c1-5-2-3-6-7(16)4-8(10(11,12)13)15-9(6)14-5;1-10(2,3)15-9(14)11-6-4-5-7(11)8(12)13;1-2/h2-4H,1H3,(H,14,15,16);7H,4-6H2,1-3H3,(H,12,13);1-2H3. The summed E-state index contributed by atoms with van der Waals surface area (Å²) >= 11 is 0. The number of H-pyrrole nitrogens is 1. The second kappa shape index (κ2) is 11.2. The fraction of sp³-hybridized carbons (Fsp3) is 0.545. The number of likely N-dealkylation sites (tertiary alicyclic amines) is 1. The Morgan fingerprint density at radius 2 is 1.82 bits per heavy atom. The summed E-state index contributed by atoms with van der Waals surface area (Å²) in [6.45, 7) is 11.4. The summed E-state index contributed by atoms with van der Waals surface area (Å²) in [6.07, 6.45) is -3.88. The number of rotatable bonds is 1. The van der Waals surface area contributed by atoms with Crippen molar-refractivity contribution in [1.82, 2.24) is 14.9 Å². The minimum absolute atomic E-state index is 0.0418. The lowest BCUT2D eigenvalue weighted by Gasteiger charge is -2.26. The molecule has 0 bridgehead atoms. The van der Waals surface area contributed by atoms with E-state index in [9.17, 15) is 27.6 Å². The summed E-state index contributed by atoms with van der Waals surface area (Å²) in [6, 6.07) is 2.85. The molecule has 1 saturated heterocycles. The summed E-state index contributed by atoms with van der Waals surface area (Å²) in [7, 11) is 0. The Hall–Kier alpha value is -3.11. The molecule has 3 rings (SSSR count). The molecule has 0 saturated carbocycles. The number of halogens is 3. The summed E-state index contributed by atoms with van der Waals surface area (Å²) in [5.41, 5.74) is -1.85. The Bertz CT molecular complexity index is 1030. The van der Waals surface area contributed by atoms with Crippen LogP contribution in [0.25, 0.3) is 11.0 Å². The number of carboxylic acid groups (broad SMARTS) is 1. The first-order chi connectivity index (χ1) is 15.2. The minimum Gasteiger partial charge on any atom is -0.480 e. The molecule has 1 amide bonds.